The Kier molecular flexibility index (Phi) is 3.47. The number of para-hydroxylation sites is 2. The third-order valence-corrected chi connectivity index (χ3v) is 3.75. The van der Waals surface area contributed by atoms with Crippen LogP contribution in [-0.2, 0) is 4.79 Å². The highest BCUT2D eigenvalue weighted by atomic mass is 35.5. The van der Waals surface area contributed by atoms with Gasteiger partial charge in [-0.15, -0.1) is 0 Å². The fourth-order valence-electron chi connectivity index (χ4n) is 2.23. The number of rotatable bonds is 3. The van der Waals surface area contributed by atoms with Gasteiger partial charge < -0.3 is 9.36 Å². The first-order valence-corrected chi connectivity index (χ1v) is 6.78. The molecule has 0 fully saturated rings. The molecule has 0 radical (unpaired) electrons. The van der Waals surface area contributed by atoms with Crippen molar-refractivity contribution in [1.29, 1.82) is 0 Å². The topological polar surface area (TPSA) is 34.9 Å². The molecule has 5 heteroatoms. The van der Waals surface area contributed by atoms with Crippen molar-refractivity contribution in [1.82, 2.24) is 9.55 Å². The summed E-state index contributed by atoms with van der Waals surface area (Å²) in [4.78, 5) is 15.8. The molecule has 0 spiro atoms. The molecule has 1 atom stereocenters. The highest BCUT2D eigenvalue weighted by molar-refractivity contribution is 6.35. The summed E-state index contributed by atoms with van der Waals surface area (Å²) in [5, 5.41) is 1.01. The molecule has 0 aliphatic rings. The molecule has 0 saturated heterocycles. The molecule has 20 heavy (non-hydrogen) atoms. The number of hydrogen-bond donors (Lipinski definition) is 0. The maximum Gasteiger partial charge on any atom is 0.147 e. The van der Waals surface area contributed by atoms with Crippen LogP contribution in [0.15, 0.2) is 48.8 Å². The molecule has 100 valence electrons. The molecule has 3 nitrogen and oxygen atoms in total. The first-order valence-electron chi connectivity index (χ1n) is 6.02. The van der Waals surface area contributed by atoms with E-state index in [-0.39, 0.29) is 0 Å². The molecule has 0 aliphatic heterocycles. The molecular weight excluding hydrogens is 295 g/mol. The van der Waals surface area contributed by atoms with Crippen LogP contribution in [0.4, 0.5) is 0 Å². The van der Waals surface area contributed by atoms with Crippen LogP contribution in [-0.4, -0.2) is 15.8 Å². The van der Waals surface area contributed by atoms with Crippen molar-refractivity contribution >= 4 is 40.5 Å². The Balaban J connectivity index is 2.16. The SMILES string of the molecule is O=CC(c1ccc(Cl)cc1Cl)n1cnc2ccccc21. The van der Waals surface area contributed by atoms with E-state index in [2.05, 4.69) is 4.98 Å². The Bertz CT molecular complexity index is 782. The molecule has 0 amide bonds. The lowest BCUT2D eigenvalue weighted by molar-refractivity contribution is -0.109. The van der Waals surface area contributed by atoms with Gasteiger partial charge in [-0.25, -0.2) is 4.98 Å². The average Bonchev–Trinajstić information content (AvgIpc) is 2.86. The van der Waals surface area contributed by atoms with Crippen LogP contribution < -0.4 is 0 Å². The van der Waals surface area contributed by atoms with Crippen LogP contribution in [0.3, 0.4) is 0 Å². The molecule has 3 rings (SSSR count). The van der Waals surface area contributed by atoms with Crippen molar-refractivity contribution in [3.63, 3.8) is 0 Å². The number of carbonyl (C=O) groups excluding carboxylic acids is 1. The third kappa shape index (κ3) is 2.19. The summed E-state index contributed by atoms with van der Waals surface area (Å²) in [6.07, 6.45) is 2.50. The number of halogens is 2. The predicted molar refractivity (Wildman–Crippen MR) is 80.4 cm³/mol. The molecule has 1 unspecified atom stereocenters. The number of aromatic nitrogens is 2. The highest BCUT2D eigenvalue weighted by Gasteiger charge is 2.18. The quantitative estimate of drug-likeness (QED) is 0.682. The first-order chi connectivity index (χ1) is 9.70. The van der Waals surface area contributed by atoms with E-state index in [1.807, 2.05) is 24.3 Å². The van der Waals surface area contributed by atoms with Gasteiger partial charge in [0.2, 0.25) is 0 Å². The summed E-state index contributed by atoms with van der Waals surface area (Å²) in [7, 11) is 0. The largest absolute Gasteiger partial charge is 0.316 e. The Morgan fingerprint density at radius 3 is 2.70 bits per heavy atom. The van der Waals surface area contributed by atoms with Crippen LogP contribution in [0.25, 0.3) is 11.0 Å². The van der Waals surface area contributed by atoms with Crippen LogP contribution in [0.2, 0.25) is 10.0 Å². The average molecular weight is 305 g/mol. The zero-order valence-electron chi connectivity index (χ0n) is 10.3. The highest BCUT2D eigenvalue weighted by Crippen LogP contribution is 2.29. The van der Waals surface area contributed by atoms with Gasteiger partial charge in [0.05, 0.1) is 17.4 Å². The van der Waals surface area contributed by atoms with Crippen molar-refractivity contribution in [3.05, 3.63) is 64.4 Å². The van der Waals surface area contributed by atoms with Gasteiger partial charge in [-0.05, 0) is 24.3 Å². The van der Waals surface area contributed by atoms with E-state index >= 15 is 0 Å². The van der Waals surface area contributed by atoms with Gasteiger partial charge in [0.15, 0.2) is 0 Å². The molecule has 3 aromatic rings. The number of carbonyl (C=O) groups is 1. The number of aldehydes is 1. The standard InChI is InChI=1S/C15H10Cl2N2O/c16-10-5-6-11(12(17)7-10)15(8-20)19-9-18-13-3-1-2-4-14(13)19/h1-9,15H. The van der Waals surface area contributed by atoms with Gasteiger partial charge in [-0.3, -0.25) is 0 Å². The Morgan fingerprint density at radius 1 is 1.15 bits per heavy atom. The van der Waals surface area contributed by atoms with Gasteiger partial charge in [-0.2, -0.15) is 0 Å². The van der Waals surface area contributed by atoms with Crippen LogP contribution in [0.5, 0.6) is 0 Å². The minimum atomic E-state index is -0.521. The zero-order chi connectivity index (χ0) is 14.1. The molecular formula is C15H10Cl2N2O. The summed E-state index contributed by atoms with van der Waals surface area (Å²) in [6, 6.07) is 12.2. The summed E-state index contributed by atoms with van der Waals surface area (Å²) < 4.78 is 1.80. The van der Waals surface area contributed by atoms with Crippen molar-refractivity contribution in [2.45, 2.75) is 6.04 Å². The van der Waals surface area contributed by atoms with Crippen LogP contribution >= 0.6 is 23.2 Å². The Hall–Kier alpha value is -1.84. The van der Waals surface area contributed by atoms with Gasteiger partial charge in [-0.1, -0.05) is 41.4 Å². The summed E-state index contributed by atoms with van der Waals surface area (Å²) in [6.45, 7) is 0. The van der Waals surface area contributed by atoms with Gasteiger partial charge in [0, 0.05) is 15.6 Å². The fourth-order valence-corrected chi connectivity index (χ4v) is 2.75. The number of benzene rings is 2. The lowest BCUT2D eigenvalue weighted by Crippen LogP contribution is -2.11. The van der Waals surface area contributed by atoms with Gasteiger partial charge in [0.25, 0.3) is 0 Å². The number of fused-ring (bicyclic) bond motifs is 1. The molecule has 0 bridgehead atoms. The molecule has 0 aliphatic carbocycles. The predicted octanol–water partition coefficient (Wildman–Crippen LogP) is 4.13. The maximum atomic E-state index is 11.5. The minimum Gasteiger partial charge on any atom is -0.316 e. The van der Waals surface area contributed by atoms with E-state index in [1.54, 1.807) is 29.1 Å². The van der Waals surface area contributed by atoms with Crippen molar-refractivity contribution in [3.8, 4) is 0 Å². The second-order valence-electron chi connectivity index (χ2n) is 4.39. The third-order valence-electron chi connectivity index (χ3n) is 3.19. The molecule has 0 N–H and O–H groups in total. The normalized spacial score (nSPS) is 12.5. The fraction of sp³-hybridized carbons (Fsp3) is 0.0667. The smallest absolute Gasteiger partial charge is 0.147 e. The van der Waals surface area contributed by atoms with Crippen LogP contribution in [0, 0.1) is 0 Å². The minimum absolute atomic E-state index is 0.465. The molecule has 1 aromatic heterocycles. The van der Waals surface area contributed by atoms with Crippen molar-refractivity contribution < 1.29 is 4.79 Å². The number of hydrogen-bond acceptors (Lipinski definition) is 2. The van der Waals surface area contributed by atoms with E-state index in [0.29, 0.717) is 15.6 Å². The van der Waals surface area contributed by atoms with Gasteiger partial charge in [0.1, 0.15) is 12.3 Å². The van der Waals surface area contributed by atoms with Gasteiger partial charge >= 0.3 is 0 Å². The second-order valence-corrected chi connectivity index (χ2v) is 5.23. The van der Waals surface area contributed by atoms with E-state index in [0.717, 1.165) is 17.3 Å². The monoisotopic (exact) mass is 304 g/mol. The Morgan fingerprint density at radius 2 is 1.95 bits per heavy atom. The summed E-state index contributed by atoms with van der Waals surface area (Å²) >= 11 is 12.1. The lowest BCUT2D eigenvalue weighted by atomic mass is 10.1. The molecule has 1 heterocycles. The first kappa shape index (κ1) is 13.2. The van der Waals surface area contributed by atoms with Crippen molar-refractivity contribution in [2.75, 3.05) is 0 Å². The lowest BCUT2D eigenvalue weighted by Gasteiger charge is -2.15. The van der Waals surface area contributed by atoms with Crippen LogP contribution in [0.1, 0.15) is 11.6 Å². The summed E-state index contributed by atoms with van der Waals surface area (Å²) in [5.41, 5.74) is 2.43. The van der Waals surface area contributed by atoms with Crippen molar-refractivity contribution in [2.24, 2.45) is 0 Å². The maximum absolute atomic E-state index is 11.5. The molecule has 0 saturated carbocycles. The Labute approximate surface area is 125 Å². The van der Waals surface area contributed by atoms with E-state index < -0.39 is 6.04 Å². The van der Waals surface area contributed by atoms with E-state index in [9.17, 15) is 4.79 Å². The summed E-state index contributed by atoms with van der Waals surface area (Å²) in [5.74, 6) is 0. The van der Waals surface area contributed by atoms with E-state index in [1.165, 1.54) is 0 Å². The molecule has 2 aromatic carbocycles. The number of nitrogens with zero attached hydrogens (tertiary/aromatic N) is 2. The van der Waals surface area contributed by atoms with E-state index in [4.69, 9.17) is 23.2 Å². The number of imidazole rings is 1. The zero-order valence-corrected chi connectivity index (χ0v) is 11.8. The second kappa shape index (κ2) is 5.27.